The van der Waals surface area contributed by atoms with Gasteiger partial charge in [0.1, 0.15) is 0 Å². The third-order valence-electron chi connectivity index (χ3n) is 5.79. The summed E-state index contributed by atoms with van der Waals surface area (Å²) in [6.07, 6.45) is 15.1. The van der Waals surface area contributed by atoms with E-state index in [9.17, 15) is 0 Å². The van der Waals surface area contributed by atoms with Gasteiger partial charge in [0.25, 0.3) is 0 Å². The summed E-state index contributed by atoms with van der Waals surface area (Å²) in [5, 5.41) is 5.36. The summed E-state index contributed by atoms with van der Waals surface area (Å²) in [5.41, 5.74) is 1.51. The number of unbranched alkanes of at least 4 members (excludes halogenated alkanes) is 9. The predicted molar refractivity (Wildman–Crippen MR) is 124 cm³/mol. The van der Waals surface area contributed by atoms with Crippen LogP contribution in [0.4, 0.5) is 0 Å². The minimum Gasteiger partial charge on any atom is -0.142 e. The van der Waals surface area contributed by atoms with Crippen LogP contribution in [0.25, 0.3) is 21.5 Å². The van der Waals surface area contributed by atoms with E-state index in [0.29, 0.717) is 0 Å². The van der Waals surface area contributed by atoms with E-state index < -0.39 is 0 Å². The molecule has 0 atom stereocenters. The first-order valence-electron chi connectivity index (χ1n) is 10.9. The molecule has 0 spiro atoms. The number of hydrogen-bond donors (Lipinski definition) is 1. The van der Waals surface area contributed by atoms with Crippen molar-refractivity contribution >= 4 is 34.2 Å². The van der Waals surface area contributed by atoms with Gasteiger partial charge in [0.2, 0.25) is 0 Å². The number of aryl methyl sites for hydroxylation is 1. The van der Waals surface area contributed by atoms with Gasteiger partial charge in [0.05, 0.1) is 0 Å². The first-order valence-corrected chi connectivity index (χ1v) is 11.4. The maximum atomic E-state index is 4.84. The van der Waals surface area contributed by atoms with E-state index in [-0.39, 0.29) is 0 Å². The lowest BCUT2D eigenvalue weighted by Gasteiger charge is -2.14. The van der Waals surface area contributed by atoms with Crippen LogP contribution in [0.1, 0.15) is 76.7 Å². The molecule has 0 N–H and O–H groups in total. The van der Waals surface area contributed by atoms with Crippen LogP contribution in [0.15, 0.2) is 53.4 Å². The van der Waals surface area contributed by atoms with Gasteiger partial charge in [-0.05, 0) is 39.9 Å². The van der Waals surface area contributed by atoms with Gasteiger partial charge in [0.15, 0.2) is 0 Å². The molecule has 0 unspecified atom stereocenters. The Bertz CT molecular complexity index is 792. The highest BCUT2D eigenvalue weighted by molar-refractivity contribution is 7.80. The van der Waals surface area contributed by atoms with Crippen molar-refractivity contribution < 1.29 is 0 Å². The second-order valence-corrected chi connectivity index (χ2v) is 8.30. The Morgan fingerprint density at radius 3 is 1.44 bits per heavy atom. The fraction of sp³-hybridized carbons (Fsp3) is 0.462. The Morgan fingerprint density at radius 1 is 0.556 bits per heavy atom. The van der Waals surface area contributed by atoms with Crippen molar-refractivity contribution in [1.29, 1.82) is 0 Å². The molecule has 0 radical (unpaired) electrons. The molecular weight excluding hydrogens is 344 g/mol. The summed E-state index contributed by atoms with van der Waals surface area (Å²) >= 11 is 4.84. The number of thiol groups is 1. The van der Waals surface area contributed by atoms with Crippen LogP contribution in [0.2, 0.25) is 0 Å². The lowest BCUT2D eigenvalue weighted by atomic mass is 9.93. The summed E-state index contributed by atoms with van der Waals surface area (Å²) in [4.78, 5) is 1.12. The molecule has 3 aromatic carbocycles. The van der Waals surface area contributed by atoms with Crippen LogP contribution in [0.3, 0.4) is 0 Å². The molecule has 0 nitrogen and oxygen atoms in total. The van der Waals surface area contributed by atoms with Gasteiger partial charge in [-0.25, -0.2) is 0 Å². The number of fused-ring (bicyclic) bond motifs is 2. The third-order valence-corrected chi connectivity index (χ3v) is 6.28. The average molecular weight is 379 g/mol. The number of rotatable bonds is 11. The SMILES string of the molecule is CCCCCCCCCCCCc1c2ccccc2c(S)c2ccccc12. The standard InChI is InChI=1S/C26H34S/c1-2-3-4-5-6-7-8-9-10-11-16-21-22-17-12-14-19-24(22)26(27)25-20-15-13-18-23(21)25/h12-15,17-20,27H,2-11,16H2,1H3. The van der Waals surface area contributed by atoms with E-state index in [2.05, 4.69) is 55.5 Å². The minimum atomic E-state index is 1.12. The molecular formula is C26H34S. The van der Waals surface area contributed by atoms with Crippen LogP contribution < -0.4 is 0 Å². The second kappa shape index (κ2) is 10.8. The Balaban J connectivity index is 1.58. The molecule has 0 saturated carbocycles. The lowest BCUT2D eigenvalue weighted by Crippen LogP contribution is -1.93. The molecule has 27 heavy (non-hydrogen) atoms. The zero-order valence-electron chi connectivity index (χ0n) is 16.8. The molecule has 0 amide bonds. The number of hydrogen-bond acceptors (Lipinski definition) is 1. The Hall–Kier alpha value is -1.47. The van der Waals surface area contributed by atoms with Crippen molar-refractivity contribution in [1.82, 2.24) is 0 Å². The molecule has 1 heteroatoms. The first-order chi connectivity index (χ1) is 13.3. The van der Waals surface area contributed by atoms with Crippen LogP contribution in [-0.4, -0.2) is 0 Å². The van der Waals surface area contributed by atoms with Crippen molar-refractivity contribution in [3.05, 3.63) is 54.1 Å². The molecule has 3 rings (SSSR count). The molecule has 0 aliphatic heterocycles. The molecule has 144 valence electrons. The lowest BCUT2D eigenvalue weighted by molar-refractivity contribution is 0.557. The summed E-state index contributed by atoms with van der Waals surface area (Å²) in [5.74, 6) is 0. The van der Waals surface area contributed by atoms with Gasteiger partial charge in [0, 0.05) is 4.90 Å². The van der Waals surface area contributed by atoms with Crippen molar-refractivity contribution in [3.8, 4) is 0 Å². The summed E-state index contributed by atoms with van der Waals surface area (Å²) in [6.45, 7) is 2.29. The quantitative estimate of drug-likeness (QED) is 0.192. The van der Waals surface area contributed by atoms with Gasteiger partial charge in [-0.3, -0.25) is 0 Å². The maximum absolute atomic E-state index is 4.84. The molecule has 0 bridgehead atoms. The van der Waals surface area contributed by atoms with Gasteiger partial charge >= 0.3 is 0 Å². The zero-order valence-corrected chi connectivity index (χ0v) is 17.7. The summed E-state index contributed by atoms with van der Waals surface area (Å²) in [6, 6.07) is 17.5. The van der Waals surface area contributed by atoms with E-state index in [1.54, 1.807) is 0 Å². The summed E-state index contributed by atoms with van der Waals surface area (Å²) < 4.78 is 0. The Kier molecular flexibility index (Phi) is 8.08. The van der Waals surface area contributed by atoms with Crippen LogP contribution in [0.5, 0.6) is 0 Å². The van der Waals surface area contributed by atoms with Crippen molar-refractivity contribution in [2.24, 2.45) is 0 Å². The van der Waals surface area contributed by atoms with Gasteiger partial charge in [-0.15, -0.1) is 12.6 Å². The van der Waals surface area contributed by atoms with E-state index in [1.807, 2.05) is 0 Å². The zero-order chi connectivity index (χ0) is 18.9. The van der Waals surface area contributed by atoms with E-state index in [0.717, 1.165) is 4.90 Å². The molecule has 0 heterocycles. The number of benzene rings is 3. The van der Waals surface area contributed by atoms with Gasteiger partial charge in [-0.2, -0.15) is 0 Å². The van der Waals surface area contributed by atoms with E-state index >= 15 is 0 Å². The smallest absolute Gasteiger partial charge is 0.0198 e. The van der Waals surface area contributed by atoms with Crippen LogP contribution in [0, 0.1) is 0 Å². The van der Waals surface area contributed by atoms with Crippen LogP contribution >= 0.6 is 12.6 Å². The largest absolute Gasteiger partial charge is 0.142 e. The average Bonchev–Trinajstić information content (AvgIpc) is 2.71. The molecule has 3 aromatic rings. The summed E-state index contributed by atoms with van der Waals surface area (Å²) in [7, 11) is 0. The van der Waals surface area contributed by atoms with Crippen LogP contribution in [-0.2, 0) is 6.42 Å². The molecule has 0 aromatic heterocycles. The maximum Gasteiger partial charge on any atom is 0.0198 e. The molecule has 0 aliphatic carbocycles. The predicted octanol–water partition coefficient (Wildman–Crippen LogP) is 8.75. The fourth-order valence-corrected chi connectivity index (χ4v) is 4.64. The molecule has 0 fully saturated rings. The van der Waals surface area contributed by atoms with Crippen molar-refractivity contribution in [3.63, 3.8) is 0 Å². The highest BCUT2D eigenvalue weighted by Gasteiger charge is 2.11. The van der Waals surface area contributed by atoms with E-state index in [1.165, 1.54) is 97.7 Å². The van der Waals surface area contributed by atoms with Crippen molar-refractivity contribution in [2.45, 2.75) is 82.4 Å². The topological polar surface area (TPSA) is 0 Å². The monoisotopic (exact) mass is 378 g/mol. The first kappa shape index (κ1) is 20.3. The Labute approximate surface area is 170 Å². The molecule has 0 aliphatic rings. The highest BCUT2D eigenvalue weighted by Crippen LogP contribution is 2.35. The minimum absolute atomic E-state index is 1.12. The Morgan fingerprint density at radius 2 is 0.963 bits per heavy atom. The highest BCUT2D eigenvalue weighted by atomic mass is 32.1. The van der Waals surface area contributed by atoms with Crippen molar-refractivity contribution in [2.75, 3.05) is 0 Å². The normalized spacial score (nSPS) is 11.5. The third kappa shape index (κ3) is 5.29. The van der Waals surface area contributed by atoms with E-state index in [4.69, 9.17) is 12.6 Å². The van der Waals surface area contributed by atoms with Gasteiger partial charge in [-0.1, -0.05) is 113 Å². The molecule has 0 saturated heterocycles. The van der Waals surface area contributed by atoms with Gasteiger partial charge < -0.3 is 0 Å². The fourth-order valence-electron chi connectivity index (χ4n) is 4.25. The second-order valence-electron chi connectivity index (χ2n) is 7.85.